The number of thiophene rings is 1. The predicted molar refractivity (Wildman–Crippen MR) is 125 cm³/mol. The van der Waals surface area contributed by atoms with Gasteiger partial charge >= 0.3 is 0 Å². The molecular weight excluding hydrogens is 425 g/mol. The van der Waals surface area contributed by atoms with Crippen molar-refractivity contribution in [3.8, 4) is 5.75 Å². The van der Waals surface area contributed by atoms with E-state index in [-0.39, 0.29) is 11.7 Å². The minimum Gasteiger partial charge on any atom is -0.488 e. The fourth-order valence-corrected chi connectivity index (χ4v) is 4.24. The first-order valence-electron chi connectivity index (χ1n) is 10.3. The second-order valence-corrected chi connectivity index (χ2v) is 8.61. The lowest BCUT2D eigenvalue weighted by Gasteiger charge is -2.10. The quantitative estimate of drug-likeness (QED) is 0.383. The number of nitrogens with zero attached hydrogens (tertiary/aromatic N) is 2. The molecule has 0 aliphatic carbocycles. The van der Waals surface area contributed by atoms with Crippen molar-refractivity contribution in [1.82, 2.24) is 9.78 Å². The van der Waals surface area contributed by atoms with Gasteiger partial charge in [-0.05, 0) is 49.4 Å². The first-order chi connectivity index (χ1) is 15.4. The lowest BCUT2D eigenvalue weighted by Crippen LogP contribution is -2.12. The van der Waals surface area contributed by atoms with Crippen LogP contribution in [0, 0.1) is 26.6 Å². The summed E-state index contributed by atoms with van der Waals surface area (Å²) in [6.07, 6.45) is 0. The molecule has 0 saturated heterocycles. The second kappa shape index (κ2) is 9.36. The fraction of sp³-hybridized carbons (Fsp3) is 0.200. The SMILES string of the molecule is Cc1cccc(C)c1OCc1csc(C(=O)Nc2cc(C)n(Cc3ccccc3F)n2)c1. The minimum absolute atomic E-state index is 0.233. The molecule has 2 aromatic heterocycles. The van der Waals surface area contributed by atoms with E-state index in [1.165, 1.54) is 17.4 Å². The zero-order valence-corrected chi connectivity index (χ0v) is 19.0. The maximum atomic E-state index is 13.9. The highest BCUT2D eigenvalue weighted by atomic mass is 32.1. The number of ether oxygens (including phenoxy) is 1. The summed E-state index contributed by atoms with van der Waals surface area (Å²) in [7, 11) is 0. The molecule has 0 radical (unpaired) electrons. The van der Waals surface area contributed by atoms with E-state index in [0.717, 1.165) is 28.1 Å². The van der Waals surface area contributed by atoms with E-state index in [0.29, 0.717) is 29.4 Å². The van der Waals surface area contributed by atoms with Crippen LogP contribution in [0.2, 0.25) is 0 Å². The Labute approximate surface area is 190 Å². The summed E-state index contributed by atoms with van der Waals surface area (Å²) in [4.78, 5) is 13.3. The Bertz CT molecular complexity index is 1240. The van der Waals surface area contributed by atoms with Gasteiger partial charge in [0.05, 0.1) is 11.4 Å². The number of hydrogen-bond donors (Lipinski definition) is 1. The molecule has 0 aliphatic rings. The van der Waals surface area contributed by atoms with Crippen LogP contribution in [0.25, 0.3) is 0 Å². The standard InChI is InChI=1S/C25H24FN3O2S/c1-16-7-6-8-17(2)24(16)31-14-19-12-22(32-15-19)25(30)27-23-11-18(3)29(28-23)13-20-9-4-5-10-21(20)26/h4-12,15H,13-14H2,1-3H3,(H,27,28,30). The van der Waals surface area contributed by atoms with Crippen molar-refractivity contribution in [1.29, 1.82) is 0 Å². The summed E-state index contributed by atoms with van der Waals surface area (Å²) in [5.74, 6) is 0.803. The maximum absolute atomic E-state index is 13.9. The van der Waals surface area contributed by atoms with Crippen molar-refractivity contribution < 1.29 is 13.9 Å². The van der Waals surface area contributed by atoms with Crippen LogP contribution in [0.15, 0.2) is 60.0 Å². The molecule has 1 amide bonds. The lowest BCUT2D eigenvalue weighted by molar-refractivity contribution is 0.103. The summed E-state index contributed by atoms with van der Waals surface area (Å²) >= 11 is 1.36. The number of amides is 1. The highest BCUT2D eigenvalue weighted by Crippen LogP contribution is 2.25. The number of rotatable bonds is 7. The summed E-state index contributed by atoms with van der Waals surface area (Å²) < 4.78 is 21.6. The summed E-state index contributed by atoms with van der Waals surface area (Å²) in [6, 6.07) is 16.2. The number of aromatic nitrogens is 2. The molecule has 0 bridgehead atoms. The number of halogens is 1. The molecule has 1 N–H and O–H groups in total. The molecule has 32 heavy (non-hydrogen) atoms. The topological polar surface area (TPSA) is 56.1 Å². The largest absolute Gasteiger partial charge is 0.488 e. The maximum Gasteiger partial charge on any atom is 0.266 e. The molecule has 0 atom stereocenters. The average Bonchev–Trinajstić information content (AvgIpc) is 3.36. The third-order valence-corrected chi connectivity index (χ3v) is 6.15. The van der Waals surface area contributed by atoms with Gasteiger partial charge < -0.3 is 10.1 Å². The van der Waals surface area contributed by atoms with Gasteiger partial charge in [-0.1, -0.05) is 36.4 Å². The van der Waals surface area contributed by atoms with Gasteiger partial charge in [-0.25, -0.2) is 4.39 Å². The van der Waals surface area contributed by atoms with Gasteiger partial charge in [0.2, 0.25) is 0 Å². The second-order valence-electron chi connectivity index (χ2n) is 7.70. The fourth-order valence-electron chi connectivity index (χ4n) is 3.45. The number of carbonyl (C=O) groups excluding carboxylic acids is 1. The van der Waals surface area contributed by atoms with Crippen LogP contribution in [0.4, 0.5) is 10.2 Å². The molecule has 4 rings (SSSR count). The van der Waals surface area contributed by atoms with Gasteiger partial charge in [0.15, 0.2) is 5.82 Å². The van der Waals surface area contributed by atoms with Gasteiger partial charge in [-0.3, -0.25) is 9.48 Å². The Balaban J connectivity index is 1.40. The predicted octanol–water partition coefficient (Wildman–Crippen LogP) is 5.89. The van der Waals surface area contributed by atoms with E-state index in [9.17, 15) is 9.18 Å². The smallest absolute Gasteiger partial charge is 0.266 e. The number of hydrogen-bond acceptors (Lipinski definition) is 4. The average molecular weight is 450 g/mol. The third kappa shape index (κ3) is 4.89. The van der Waals surface area contributed by atoms with E-state index in [1.54, 1.807) is 28.9 Å². The molecule has 0 saturated carbocycles. The highest BCUT2D eigenvalue weighted by molar-refractivity contribution is 7.12. The van der Waals surface area contributed by atoms with Crippen molar-refractivity contribution in [3.63, 3.8) is 0 Å². The monoisotopic (exact) mass is 449 g/mol. The van der Waals surface area contributed by atoms with Crippen LogP contribution in [0.5, 0.6) is 5.75 Å². The number of aryl methyl sites for hydroxylation is 3. The number of anilines is 1. The molecule has 5 nitrogen and oxygen atoms in total. The normalized spacial score (nSPS) is 10.9. The Kier molecular flexibility index (Phi) is 6.37. The summed E-state index contributed by atoms with van der Waals surface area (Å²) in [6.45, 7) is 6.60. The van der Waals surface area contributed by atoms with Crippen molar-refractivity contribution in [2.24, 2.45) is 0 Å². The molecule has 2 aromatic carbocycles. The van der Waals surface area contributed by atoms with Crippen LogP contribution in [0.1, 0.15) is 37.6 Å². The van der Waals surface area contributed by atoms with Gasteiger partial charge in [0, 0.05) is 22.9 Å². The Morgan fingerprint density at radius 1 is 1.09 bits per heavy atom. The van der Waals surface area contributed by atoms with Crippen LogP contribution in [0.3, 0.4) is 0 Å². The molecule has 0 aliphatic heterocycles. The van der Waals surface area contributed by atoms with Gasteiger partial charge in [0.25, 0.3) is 5.91 Å². The first-order valence-corrected chi connectivity index (χ1v) is 11.1. The molecule has 0 unspecified atom stereocenters. The number of benzene rings is 2. The number of nitrogens with one attached hydrogen (secondary N) is 1. The van der Waals surface area contributed by atoms with Crippen LogP contribution < -0.4 is 10.1 Å². The molecule has 2 heterocycles. The van der Waals surface area contributed by atoms with E-state index >= 15 is 0 Å². The number of carbonyl (C=O) groups is 1. The van der Waals surface area contributed by atoms with E-state index < -0.39 is 0 Å². The van der Waals surface area contributed by atoms with Gasteiger partial charge in [-0.15, -0.1) is 11.3 Å². The van der Waals surface area contributed by atoms with Crippen molar-refractivity contribution in [2.75, 3.05) is 5.32 Å². The Morgan fingerprint density at radius 3 is 2.59 bits per heavy atom. The van der Waals surface area contributed by atoms with Gasteiger partial charge in [0.1, 0.15) is 18.2 Å². The van der Waals surface area contributed by atoms with Gasteiger partial charge in [-0.2, -0.15) is 5.10 Å². The Hall–Kier alpha value is -3.45. The van der Waals surface area contributed by atoms with E-state index in [2.05, 4.69) is 10.4 Å². The molecule has 0 spiro atoms. The highest BCUT2D eigenvalue weighted by Gasteiger charge is 2.14. The molecule has 4 aromatic rings. The third-order valence-electron chi connectivity index (χ3n) is 5.17. The molecule has 0 fully saturated rings. The van der Waals surface area contributed by atoms with E-state index in [4.69, 9.17) is 4.74 Å². The van der Waals surface area contributed by atoms with Crippen molar-refractivity contribution in [3.05, 3.63) is 98.6 Å². The first kappa shape index (κ1) is 21.8. The molecule has 7 heteroatoms. The number of para-hydroxylation sites is 1. The van der Waals surface area contributed by atoms with Crippen LogP contribution in [-0.2, 0) is 13.2 Å². The van der Waals surface area contributed by atoms with Crippen LogP contribution in [-0.4, -0.2) is 15.7 Å². The zero-order valence-electron chi connectivity index (χ0n) is 18.2. The molecule has 164 valence electrons. The van der Waals surface area contributed by atoms with Crippen molar-refractivity contribution >= 4 is 23.1 Å². The van der Waals surface area contributed by atoms with Crippen molar-refractivity contribution in [2.45, 2.75) is 33.9 Å². The summed E-state index contributed by atoms with van der Waals surface area (Å²) in [5.41, 5.74) is 4.48. The molecular formula is C25H24FN3O2S. The minimum atomic E-state index is -0.276. The zero-order chi connectivity index (χ0) is 22.7. The summed E-state index contributed by atoms with van der Waals surface area (Å²) in [5, 5.41) is 9.16. The Morgan fingerprint density at radius 2 is 1.84 bits per heavy atom. The van der Waals surface area contributed by atoms with Crippen LogP contribution >= 0.6 is 11.3 Å². The lowest BCUT2D eigenvalue weighted by atomic mass is 10.1. The van der Waals surface area contributed by atoms with E-state index in [1.807, 2.05) is 50.4 Å².